The van der Waals surface area contributed by atoms with Gasteiger partial charge >= 0.3 is 0 Å². The first-order valence-corrected chi connectivity index (χ1v) is 3.25. The molecule has 0 saturated heterocycles. The van der Waals surface area contributed by atoms with Crippen molar-refractivity contribution in [2.45, 2.75) is 13.3 Å². The first-order chi connectivity index (χ1) is 3.43. The van der Waals surface area contributed by atoms with Crippen LogP contribution in [0.15, 0.2) is 11.4 Å². The van der Waals surface area contributed by atoms with E-state index in [0.717, 1.165) is 6.42 Å². The van der Waals surface area contributed by atoms with Crippen molar-refractivity contribution in [3.05, 3.63) is 22.4 Å². The van der Waals surface area contributed by atoms with Gasteiger partial charge in [-0.3, -0.25) is 11.3 Å². The first kappa shape index (κ1) is 8.80. The predicted molar refractivity (Wildman–Crippen MR) is 32.5 cm³/mol. The molecule has 1 rings (SSSR count). The van der Waals surface area contributed by atoms with Crippen LogP contribution in [-0.4, -0.2) is 0 Å². The van der Waals surface area contributed by atoms with Gasteiger partial charge in [0, 0.05) is 32.7 Å². The Bertz CT molecular complexity index is 123. The Morgan fingerprint density at radius 3 is 2.75 bits per heavy atom. The van der Waals surface area contributed by atoms with Gasteiger partial charge in [-0.2, -0.15) is 0 Å². The van der Waals surface area contributed by atoms with Gasteiger partial charge in [0.15, 0.2) is 0 Å². The van der Waals surface area contributed by atoms with Gasteiger partial charge in [-0.05, 0) is 0 Å². The normalized spacial score (nSPS) is 8.12. The Hall–Kier alpha value is 0.804. The largest absolute Gasteiger partial charge is 0.270 e. The van der Waals surface area contributed by atoms with E-state index in [1.807, 2.05) is 11.4 Å². The van der Waals surface area contributed by atoms with Crippen LogP contribution in [0.4, 0.5) is 0 Å². The number of hydrogen-bond donors (Lipinski definition) is 0. The molecule has 0 aliphatic rings. The second-order valence-electron chi connectivity index (χ2n) is 1.37. The van der Waals surface area contributed by atoms with E-state index in [1.165, 1.54) is 4.88 Å². The Kier molecular flexibility index (Phi) is 5.13. The molecule has 0 aromatic carbocycles. The zero-order chi connectivity index (χ0) is 5.11. The van der Waals surface area contributed by atoms with Gasteiger partial charge in [-0.15, -0.1) is 10.3 Å². The topological polar surface area (TPSA) is 0 Å². The van der Waals surface area contributed by atoms with E-state index >= 15 is 0 Å². The minimum atomic E-state index is 0. The van der Waals surface area contributed by atoms with Crippen molar-refractivity contribution in [1.29, 1.82) is 0 Å². The van der Waals surface area contributed by atoms with Crippen LogP contribution in [0.1, 0.15) is 11.8 Å². The van der Waals surface area contributed by atoms with E-state index in [1.54, 1.807) is 11.3 Å². The molecule has 0 fully saturated rings. The van der Waals surface area contributed by atoms with Gasteiger partial charge < -0.3 is 0 Å². The third-order valence-electron chi connectivity index (χ3n) is 0.871. The molecule has 41 valence electrons. The molecule has 0 amide bonds. The summed E-state index contributed by atoms with van der Waals surface area (Å²) in [6.45, 7) is 2.15. The molecule has 1 radical (unpaired) electrons. The van der Waals surface area contributed by atoms with E-state index in [2.05, 4.69) is 13.0 Å². The van der Waals surface area contributed by atoms with Crippen molar-refractivity contribution in [2.75, 3.05) is 0 Å². The van der Waals surface area contributed by atoms with E-state index in [0.29, 0.717) is 0 Å². The fourth-order valence-corrected chi connectivity index (χ4v) is 1.05. The zero-order valence-corrected chi connectivity index (χ0v) is 8.50. The van der Waals surface area contributed by atoms with Gasteiger partial charge in [-0.1, -0.05) is 13.3 Å². The van der Waals surface area contributed by atoms with Crippen molar-refractivity contribution < 1.29 is 32.7 Å². The molecule has 0 aliphatic carbocycles. The maximum Gasteiger partial charge on any atom is 0 e. The van der Waals surface area contributed by atoms with Crippen LogP contribution in [-0.2, 0) is 39.1 Å². The van der Waals surface area contributed by atoms with Crippen LogP contribution in [0.25, 0.3) is 0 Å². The minimum absolute atomic E-state index is 0. The summed E-state index contributed by atoms with van der Waals surface area (Å²) in [5.41, 5.74) is 0. The molecule has 0 unspecified atom stereocenters. The monoisotopic (exact) mass is 200 g/mol. The fraction of sp³-hybridized carbons (Fsp3) is 0.333. The van der Waals surface area contributed by atoms with Crippen LogP contribution in [0.5, 0.6) is 0 Å². The molecule has 0 aliphatic heterocycles. The molecular weight excluding hydrogens is 193 g/mol. The Morgan fingerprint density at radius 1 is 1.75 bits per heavy atom. The van der Waals surface area contributed by atoms with E-state index < -0.39 is 0 Å². The summed E-state index contributed by atoms with van der Waals surface area (Å²) in [6.07, 6.45) is 1.15. The molecule has 0 spiro atoms. The molecule has 1 aromatic heterocycles. The number of aryl methyl sites for hydroxylation is 1. The van der Waals surface area contributed by atoms with Crippen LogP contribution in [0.2, 0.25) is 0 Å². The van der Waals surface area contributed by atoms with Gasteiger partial charge in [-0.25, -0.2) is 12.1 Å². The van der Waals surface area contributed by atoms with Crippen molar-refractivity contribution in [3.63, 3.8) is 0 Å². The molecule has 0 nitrogen and oxygen atoms in total. The maximum absolute atomic E-state index is 3.00. The quantitative estimate of drug-likeness (QED) is 0.609. The van der Waals surface area contributed by atoms with Crippen molar-refractivity contribution >= 4 is 11.3 Å². The minimum Gasteiger partial charge on any atom is -0.270 e. The van der Waals surface area contributed by atoms with Gasteiger partial charge in [0.2, 0.25) is 0 Å². The molecule has 0 bridgehead atoms. The SMILES string of the molecule is CCc1c[c-]cs1.[Y]. The van der Waals surface area contributed by atoms with Crippen molar-refractivity contribution in [1.82, 2.24) is 0 Å². The second-order valence-corrected chi connectivity index (χ2v) is 2.36. The van der Waals surface area contributed by atoms with E-state index in [-0.39, 0.29) is 32.7 Å². The molecule has 8 heavy (non-hydrogen) atoms. The number of thiophene rings is 1. The summed E-state index contributed by atoms with van der Waals surface area (Å²) < 4.78 is 0. The summed E-state index contributed by atoms with van der Waals surface area (Å²) in [6, 6.07) is 5.03. The third kappa shape index (κ3) is 2.38. The van der Waals surface area contributed by atoms with Crippen LogP contribution in [0, 0.1) is 6.07 Å². The molecule has 1 heterocycles. The van der Waals surface area contributed by atoms with Crippen LogP contribution in [0.3, 0.4) is 0 Å². The summed E-state index contributed by atoms with van der Waals surface area (Å²) >= 11 is 1.77. The fourth-order valence-electron chi connectivity index (χ4n) is 0.456. The molecule has 1 aromatic rings. The number of rotatable bonds is 1. The predicted octanol–water partition coefficient (Wildman–Crippen LogP) is 2.11. The van der Waals surface area contributed by atoms with Crippen molar-refractivity contribution in [3.8, 4) is 0 Å². The van der Waals surface area contributed by atoms with Crippen LogP contribution < -0.4 is 0 Å². The summed E-state index contributed by atoms with van der Waals surface area (Å²) in [5.74, 6) is 0. The van der Waals surface area contributed by atoms with Gasteiger partial charge in [0.25, 0.3) is 0 Å². The maximum atomic E-state index is 3.00. The average Bonchev–Trinajstić information content (AvgIpc) is 2.14. The summed E-state index contributed by atoms with van der Waals surface area (Å²) in [7, 11) is 0. The Labute approximate surface area is 79.2 Å². The third-order valence-corrected chi connectivity index (χ3v) is 1.83. The van der Waals surface area contributed by atoms with Gasteiger partial charge in [0.05, 0.1) is 0 Å². The molecule has 0 atom stereocenters. The molecular formula is C6H7SY-. The average molecular weight is 200 g/mol. The molecule has 2 heteroatoms. The Morgan fingerprint density at radius 2 is 2.50 bits per heavy atom. The van der Waals surface area contributed by atoms with E-state index in [9.17, 15) is 0 Å². The number of hydrogen-bond acceptors (Lipinski definition) is 1. The second kappa shape index (κ2) is 4.66. The van der Waals surface area contributed by atoms with Crippen LogP contribution >= 0.6 is 11.3 Å². The zero-order valence-electron chi connectivity index (χ0n) is 4.85. The summed E-state index contributed by atoms with van der Waals surface area (Å²) in [5, 5.41) is 1.98. The Balaban J connectivity index is 0.000000490. The summed E-state index contributed by atoms with van der Waals surface area (Å²) in [4.78, 5) is 1.42. The van der Waals surface area contributed by atoms with E-state index in [4.69, 9.17) is 0 Å². The first-order valence-electron chi connectivity index (χ1n) is 2.37. The standard InChI is InChI=1S/C6H7S.Y/c1-2-6-4-3-5-7-6;/h4-5H,2H2,1H3;/q-1;. The van der Waals surface area contributed by atoms with Crippen molar-refractivity contribution in [2.24, 2.45) is 0 Å². The smallest absolute Gasteiger partial charge is 0 e. The van der Waals surface area contributed by atoms with Gasteiger partial charge in [0.1, 0.15) is 0 Å². The molecule has 0 N–H and O–H groups in total. The molecule has 0 saturated carbocycles.